The number of aromatic nitrogens is 1. The van der Waals surface area contributed by atoms with Crippen molar-refractivity contribution in [1.82, 2.24) is 19.7 Å². The molecule has 0 aromatic carbocycles. The molecule has 2 fully saturated rings. The molecule has 4 rings (SSSR count). The van der Waals surface area contributed by atoms with E-state index in [-0.39, 0.29) is 12.6 Å². The van der Waals surface area contributed by atoms with Crippen LogP contribution in [0.3, 0.4) is 0 Å². The molecule has 1 aromatic heterocycles. The fourth-order valence-electron chi connectivity index (χ4n) is 4.71. The number of aliphatic hydroxyl groups excluding tert-OH is 1. The van der Waals surface area contributed by atoms with Crippen LogP contribution in [0, 0.1) is 5.92 Å². The predicted molar refractivity (Wildman–Crippen MR) is 133 cm³/mol. The summed E-state index contributed by atoms with van der Waals surface area (Å²) < 4.78 is 0. The van der Waals surface area contributed by atoms with Crippen LogP contribution in [0.15, 0.2) is 35.7 Å². The van der Waals surface area contributed by atoms with Gasteiger partial charge in [-0.15, -0.1) is 0 Å². The van der Waals surface area contributed by atoms with E-state index in [1.165, 1.54) is 18.6 Å². The van der Waals surface area contributed by atoms with E-state index < -0.39 is 12.2 Å². The van der Waals surface area contributed by atoms with Gasteiger partial charge in [-0.05, 0) is 50.3 Å². The lowest BCUT2D eigenvalue weighted by molar-refractivity contribution is 0.0258. The van der Waals surface area contributed by atoms with Crippen LogP contribution in [0.5, 0.6) is 0 Å². The van der Waals surface area contributed by atoms with Crippen molar-refractivity contribution in [2.45, 2.75) is 45.4 Å². The van der Waals surface area contributed by atoms with E-state index >= 15 is 0 Å². The topological polar surface area (TPSA) is 133 Å². The van der Waals surface area contributed by atoms with Crippen LogP contribution >= 0.6 is 0 Å². The highest BCUT2D eigenvalue weighted by Gasteiger charge is 2.38. The summed E-state index contributed by atoms with van der Waals surface area (Å²) in [5.41, 5.74) is 0.869. The van der Waals surface area contributed by atoms with Crippen molar-refractivity contribution in [3.05, 3.63) is 36.3 Å². The van der Waals surface area contributed by atoms with E-state index in [1.807, 2.05) is 12.1 Å². The van der Waals surface area contributed by atoms with Crippen LogP contribution in [0.1, 0.15) is 32.3 Å². The maximum absolute atomic E-state index is 11.7. The summed E-state index contributed by atoms with van der Waals surface area (Å²) in [6, 6.07) is 4.27. The van der Waals surface area contributed by atoms with Gasteiger partial charge < -0.3 is 25.1 Å². The van der Waals surface area contributed by atoms with Gasteiger partial charge in [0.1, 0.15) is 5.82 Å². The zero-order valence-corrected chi connectivity index (χ0v) is 20.4. The number of hydrogen-bond donors (Lipinski definition) is 3. The summed E-state index contributed by atoms with van der Waals surface area (Å²) in [5, 5.41) is 27.3. The van der Waals surface area contributed by atoms with Crippen LogP contribution < -0.4 is 4.90 Å². The largest absolute Gasteiger partial charge is 0.465 e. The number of aliphatic imine (C=N–C) groups is 1. The smallest absolute Gasteiger partial charge is 0.411 e. The van der Waals surface area contributed by atoms with Gasteiger partial charge in [0.05, 0.1) is 19.2 Å². The van der Waals surface area contributed by atoms with Gasteiger partial charge in [0.15, 0.2) is 0 Å². The number of aliphatic hydroxyl groups is 1. The Balaban J connectivity index is 0.000000320. The lowest BCUT2D eigenvalue weighted by atomic mass is 9.86. The SMILES string of the molecule is CC(C)N1CCN(C(=O)O)C(C2CCN(c3cc(CO)ccn3)CC2)C1.O=C(O)N1C=CN=CC1. The van der Waals surface area contributed by atoms with Crippen LogP contribution in [0.25, 0.3) is 0 Å². The average molecular weight is 489 g/mol. The highest BCUT2D eigenvalue weighted by atomic mass is 16.4. The van der Waals surface area contributed by atoms with Crippen LogP contribution in [0.4, 0.5) is 15.4 Å². The van der Waals surface area contributed by atoms with Crippen molar-refractivity contribution >= 4 is 24.2 Å². The quantitative estimate of drug-likeness (QED) is 0.588. The van der Waals surface area contributed by atoms with Gasteiger partial charge in [0, 0.05) is 63.6 Å². The number of piperidine rings is 1. The van der Waals surface area contributed by atoms with E-state index in [2.05, 4.69) is 33.6 Å². The standard InChI is InChI=1S/C19H30N4O3.C5H6N2O2/c1-14(2)22-9-10-23(19(25)26)17(12-22)16-4-7-21(8-5-16)18-11-15(13-24)3-6-20-18;8-5(9)7-3-1-6-2-4-7/h3,6,11,14,16-17,24H,4-5,7-10,12-13H2,1-2H3,(H,25,26);1-3H,4H2,(H,8,9). The van der Waals surface area contributed by atoms with E-state index in [0.717, 1.165) is 55.3 Å². The number of nitrogens with zero attached hydrogens (tertiary/aromatic N) is 6. The first-order valence-electron chi connectivity index (χ1n) is 12.0. The summed E-state index contributed by atoms with van der Waals surface area (Å²) in [5.74, 6) is 1.28. The lowest BCUT2D eigenvalue weighted by Gasteiger charge is -2.47. The number of anilines is 1. The molecule has 3 aliphatic heterocycles. The minimum atomic E-state index is -0.947. The Bertz CT molecular complexity index is 915. The molecule has 4 heterocycles. The normalized spacial score (nSPS) is 21.1. The minimum Gasteiger partial charge on any atom is -0.465 e. The molecule has 3 N–H and O–H groups in total. The third kappa shape index (κ3) is 7.15. The molecule has 192 valence electrons. The highest BCUT2D eigenvalue weighted by Crippen LogP contribution is 2.29. The van der Waals surface area contributed by atoms with Gasteiger partial charge in [-0.25, -0.2) is 14.6 Å². The Labute approximate surface area is 206 Å². The molecule has 1 aromatic rings. The molecule has 2 saturated heterocycles. The number of carboxylic acid groups (broad SMARTS) is 2. The van der Waals surface area contributed by atoms with Crippen molar-refractivity contribution in [2.24, 2.45) is 10.9 Å². The molecular weight excluding hydrogens is 452 g/mol. The number of amides is 2. The van der Waals surface area contributed by atoms with Crippen molar-refractivity contribution in [2.75, 3.05) is 44.2 Å². The molecule has 1 unspecified atom stereocenters. The lowest BCUT2D eigenvalue weighted by Crippen LogP contribution is -2.60. The number of rotatable bonds is 4. The van der Waals surface area contributed by atoms with Crippen molar-refractivity contribution in [1.29, 1.82) is 0 Å². The monoisotopic (exact) mass is 488 g/mol. The second-order valence-electron chi connectivity index (χ2n) is 9.20. The average Bonchev–Trinajstić information content (AvgIpc) is 2.89. The van der Waals surface area contributed by atoms with Crippen molar-refractivity contribution in [3.63, 3.8) is 0 Å². The summed E-state index contributed by atoms with van der Waals surface area (Å²) in [4.78, 5) is 37.4. The van der Waals surface area contributed by atoms with E-state index in [4.69, 9.17) is 5.11 Å². The van der Waals surface area contributed by atoms with Crippen LogP contribution in [-0.4, -0.2) is 105 Å². The molecule has 3 aliphatic rings. The zero-order valence-electron chi connectivity index (χ0n) is 20.4. The summed E-state index contributed by atoms with van der Waals surface area (Å²) >= 11 is 0. The molecule has 1 atom stereocenters. The summed E-state index contributed by atoms with van der Waals surface area (Å²) in [6.45, 7) is 8.71. The van der Waals surface area contributed by atoms with Crippen molar-refractivity contribution in [3.8, 4) is 0 Å². The van der Waals surface area contributed by atoms with E-state index in [1.54, 1.807) is 11.1 Å². The van der Waals surface area contributed by atoms with E-state index in [0.29, 0.717) is 25.0 Å². The minimum absolute atomic E-state index is 0.0205. The Kier molecular flexibility index (Phi) is 9.44. The molecule has 11 nitrogen and oxygen atoms in total. The summed E-state index contributed by atoms with van der Waals surface area (Å²) in [7, 11) is 0. The molecule has 0 radical (unpaired) electrons. The van der Waals surface area contributed by atoms with Crippen molar-refractivity contribution < 1.29 is 24.9 Å². The van der Waals surface area contributed by atoms with E-state index in [9.17, 15) is 19.8 Å². The maximum atomic E-state index is 11.7. The van der Waals surface area contributed by atoms with Gasteiger partial charge >= 0.3 is 12.2 Å². The predicted octanol–water partition coefficient (Wildman–Crippen LogP) is 2.38. The molecule has 0 spiro atoms. The highest BCUT2D eigenvalue weighted by molar-refractivity contribution is 5.73. The second kappa shape index (κ2) is 12.5. The molecule has 0 bridgehead atoms. The second-order valence-corrected chi connectivity index (χ2v) is 9.20. The van der Waals surface area contributed by atoms with Gasteiger partial charge in [-0.3, -0.25) is 14.8 Å². The van der Waals surface area contributed by atoms with Crippen LogP contribution in [-0.2, 0) is 6.61 Å². The molecule has 0 saturated carbocycles. The molecular formula is C24H36N6O5. The molecule has 0 aliphatic carbocycles. The van der Waals surface area contributed by atoms with Gasteiger partial charge in [-0.2, -0.15) is 0 Å². The Hall–Kier alpha value is -3.18. The molecule has 35 heavy (non-hydrogen) atoms. The Morgan fingerprint density at radius 2 is 1.86 bits per heavy atom. The third-order valence-electron chi connectivity index (χ3n) is 6.79. The summed E-state index contributed by atoms with van der Waals surface area (Å²) in [6.07, 6.45) is 6.32. The molecule has 2 amide bonds. The Morgan fingerprint density at radius 1 is 1.11 bits per heavy atom. The fourth-order valence-corrected chi connectivity index (χ4v) is 4.71. The number of carbonyl (C=O) groups is 2. The number of piperazine rings is 1. The first kappa shape index (κ1) is 26.4. The fraction of sp³-hybridized carbons (Fsp3) is 0.583. The van der Waals surface area contributed by atoms with Crippen LogP contribution in [0.2, 0.25) is 0 Å². The van der Waals surface area contributed by atoms with Gasteiger partial charge in [0.2, 0.25) is 0 Å². The number of hydrogen-bond acceptors (Lipinski definition) is 7. The Morgan fingerprint density at radius 3 is 2.40 bits per heavy atom. The molecule has 11 heteroatoms. The number of pyridine rings is 1. The first-order valence-corrected chi connectivity index (χ1v) is 12.0. The third-order valence-corrected chi connectivity index (χ3v) is 6.79. The maximum Gasteiger partial charge on any atom is 0.411 e. The van der Waals surface area contributed by atoms with Gasteiger partial charge in [-0.1, -0.05) is 0 Å². The first-order chi connectivity index (χ1) is 16.8. The van der Waals surface area contributed by atoms with Gasteiger partial charge in [0.25, 0.3) is 0 Å². The zero-order chi connectivity index (χ0) is 25.4.